The summed E-state index contributed by atoms with van der Waals surface area (Å²) in [5, 5.41) is 2.92. The standard InChI is InChI=1S/C18H28N2O2/c1-5-6-7-11-20(16(4)21)12-10-18(22)19-17-9-8-14(2)13-15(17)3/h8-9,13H,5-7,10-12H2,1-4H3,(H,19,22). The van der Waals surface area contributed by atoms with Gasteiger partial charge in [0.15, 0.2) is 0 Å². The first-order chi connectivity index (χ1) is 10.4. The second-order valence-corrected chi connectivity index (χ2v) is 5.83. The summed E-state index contributed by atoms with van der Waals surface area (Å²) < 4.78 is 0. The van der Waals surface area contributed by atoms with Gasteiger partial charge >= 0.3 is 0 Å². The van der Waals surface area contributed by atoms with E-state index < -0.39 is 0 Å². The van der Waals surface area contributed by atoms with Crippen LogP contribution in [0.5, 0.6) is 0 Å². The van der Waals surface area contributed by atoms with E-state index in [1.54, 1.807) is 11.8 Å². The molecule has 1 aromatic rings. The van der Waals surface area contributed by atoms with Crippen molar-refractivity contribution in [2.75, 3.05) is 18.4 Å². The molecule has 0 aliphatic rings. The lowest BCUT2D eigenvalue weighted by atomic mass is 10.1. The van der Waals surface area contributed by atoms with Crippen LogP contribution in [0.25, 0.3) is 0 Å². The number of rotatable bonds is 8. The van der Waals surface area contributed by atoms with E-state index in [9.17, 15) is 9.59 Å². The molecule has 22 heavy (non-hydrogen) atoms. The Labute approximate surface area is 133 Å². The lowest BCUT2D eigenvalue weighted by Gasteiger charge is -2.20. The highest BCUT2D eigenvalue weighted by Crippen LogP contribution is 2.16. The van der Waals surface area contributed by atoms with Gasteiger partial charge in [-0.05, 0) is 31.9 Å². The van der Waals surface area contributed by atoms with Crippen molar-refractivity contribution in [3.63, 3.8) is 0 Å². The number of carbonyl (C=O) groups is 2. The van der Waals surface area contributed by atoms with Crippen molar-refractivity contribution >= 4 is 17.5 Å². The van der Waals surface area contributed by atoms with Gasteiger partial charge in [0, 0.05) is 32.1 Å². The molecule has 1 N–H and O–H groups in total. The Bertz CT molecular complexity index is 512. The SMILES string of the molecule is CCCCCN(CCC(=O)Nc1ccc(C)cc1C)C(C)=O. The van der Waals surface area contributed by atoms with Crippen LogP contribution in [0, 0.1) is 13.8 Å². The van der Waals surface area contributed by atoms with Crippen molar-refractivity contribution in [1.29, 1.82) is 0 Å². The van der Waals surface area contributed by atoms with E-state index in [2.05, 4.69) is 12.2 Å². The number of anilines is 1. The fourth-order valence-electron chi connectivity index (χ4n) is 2.38. The molecular formula is C18H28N2O2. The smallest absolute Gasteiger partial charge is 0.226 e. The van der Waals surface area contributed by atoms with Crippen molar-refractivity contribution in [2.24, 2.45) is 0 Å². The number of hydrogen-bond acceptors (Lipinski definition) is 2. The summed E-state index contributed by atoms with van der Waals surface area (Å²) >= 11 is 0. The molecule has 0 fully saturated rings. The van der Waals surface area contributed by atoms with Crippen LogP contribution >= 0.6 is 0 Å². The molecule has 4 nitrogen and oxygen atoms in total. The van der Waals surface area contributed by atoms with Crippen LogP contribution in [-0.2, 0) is 9.59 Å². The third-order valence-corrected chi connectivity index (χ3v) is 3.74. The minimum atomic E-state index is -0.0475. The monoisotopic (exact) mass is 304 g/mol. The summed E-state index contributed by atoms with van der Waals surface area (Å²) in [7, 11) is 0. The Kier molecular flexibility index (Phi) is 7.64. The van der Waals surface area contributed by atoms with Crippen molar-refractivity contribution in [3.05, 3.63) is 29.3 Å². The molecule has 0 bridgehead atoms. The molecule has 0 radical (unpaired) electrons. The predicted molar refractivity (Wildman–Crippen MR) is 90.9 cm³/mol. The van der Waals surface area contributed by atoms with Gasteiger partial charge < -0.3 is 10.2 Å². The minimum absolute atomic E-state index is 0.0374. The molecule has 0 saturated carbocycles. The van der Waals surface area contributed by atoms with Crippen molar-refractivity contribution in [2.45, 2.75) is 53.4 Å². The summed E-state index contributed by atoms with van der Waals surface area (Å²) in [6, 6.07) is 5.95. The van der Waals surface area contributed by atoms with Crippen LogP contribution in [0.15, 0.2) is 18.2 Å². The van der Waals surface area contributed by atoms with Crippen molar-refractivity contribution < 1.29 is 9.59 Å². The number of benzene rings is 1. The minimum Gasteiger partial charge on any atom is -0.342 e. The van der Waals surface area contributed by atoms with E-state index in [-0.39, 0.29) is 11.8 Å². The van der Waals surface area contributed by atoms with Crippen LogP contribution < -0.4 is 5.32 Å². The summed E-state index contributed by atoms with van der Waals surface area (Å²) in [4.78, 5) is 25.4. The number of unbranched alkanes of at least 4 members (excludes halogenated alkanes) is 2. The Morgan fingerprint density at radius 3 is 2.45 bits per heavy atom. The number of nitrogens with one attached hydrogen (secondary N) is 1. The van der Waals surface area contributed by atoms with Crippen LogP contribution in [0.4, 0.5) is 5.69 Å². The number of aryl methyl sites for hydroxylation is 2. The van der Waals surface area contributed by atoms with Crippen LogP contribution in [0.1, 0.15) is 50.7 Å². The van der Waals surface area contributed by atoms with Crippen LogP contribution in [-0.4, -0.2) is 29.8 Å². The summed E-state index contributed by atoms with van der Waals surface area (Å²) in [5.41, 5.74) is 3.07. The van der Waals surface area contributed by atoms with Crippen molar-refractivity contribution in [1.82, 2.24) is 4.90 Å². The van der Waals surface area contributed by atoms with Gasteiger partial charge in [-0.25, -0.2) is 0 Å². The summed E-state index contributed by atoms with van der Waals surface area (Å²) in [5.74, 6) is -0.0101. The number of carbonyl (C=O) groups excluding carboxylic acids is 2. The molecule has 0 heterocycles. The third kappa shape index (κ3) is 6.29. The topological polar surface area (TPSA) is 49.4 Å². The molecule has 122 valence electrons. The molecule has 0 saturated heterocycles. The Hall–Kier alpha value is -1.84. The Balaban J connectivity index is 2.47. The molecule has 2 amide bonds. The second kappa shape index (κ2) is 9.23. The number of nitrogens with zero attached hydrogens (tertiary/aromatic N) is 1. The largest absolute Gasteiger partial charge is 0.342 e. The Morgan fingerprint density at radius 1 is 1.14 bits per heavy atom. The first-order valence-corrected chi connectivity index (χ1v) is 8.06. The molecule has 0 atom stereocenters. The molecule has 0 aromatic heterocycles. The lowest BCUT2D eigenvalue weighted by Crippen LogP contribution is -2.33. The van der Waals surface area contributed by atoms with Gasteiger partial charge in [0.2, 0.25) is 11.8 Å². The number of amides is 2. The normalized spacial score (nSPS) is 10.4. The quantitative estimate of drug-likeness (QED) is 0.745. The van der Waals surface area contributed by atoms with Gasteiger partial charge in [0.25, 0.3) is 0 Å². The first kappa shape index (κ1) is 18.2. The summed E-state index contributed by atoms with van der Waals surface area (Å²) in [6.07, 6.45) is 3.56. The first-order valence-electron chi connectivity index (χ1n) is 8.06. The third-order valence-electron chi connectivity index (χ3n) is 3.74. The number of hydrogen-bond donors (Lipinski definition) is 1. The molecule has 0 aliphatic heterocycles. The molecular weight excluding hydrogens is 276 g/mol. The molecule has 4 heteroatoms. The molecule has 0 unspecified atom stereocenters. The van der Waals surface area contributed by atoms with E-state index in [1.165, 1.54) is 5.56 Å². The Morgan fingerprint density at radius 2 is 1.86 bits per heavy atom. The zero-order valence-corrected chi connectivity index (χ0v) is 14.2. The van der Waals surface area contributed by atoms with Gasteiger partial charge in [0.1, 0.15) is 0 Å². The molecule has 0 spiro atoms. The highest BCUT2D eigenvalue weighted by atomic mass is 16.2. The van der Waals surface area contributed by atoms with E-state index in [4.69, 9.17) is 0 Å². The zero-order valence-electron chi connectivity index (χ0n) is 14.2. The lowest BCUT2D eigenvalue weighted by molar-refractivity contribution is -0.129. The highest BCUT2D eigenvalue weighted by molar-refractivity contribution is 5.91. The molecule has 0 aliphatic carbocycles. The maximum Gasteiger partial charge on any atom is 0.226 e. The van der Waals surface area contributed by atoms with Gasteiger partial charge in [-0.2, -0.15) is 0 Å². The fourth-order valence-corrected chi connectivity index (χ4v) is 2.38. The van der Waals surface area contributed by atoms with Crippen LogP contribution in [0.3, 0.4) is 0 Å². The highest BCUT2D eigenvalue weighted by Gasteiger charge is 2.11. The average molecular weight is 304 g/mol. The van der Waals surface area contributed by atoms with E-state index in [0.29, 0.717) is 13.0 Å². The predicted octanol–water partition coefficient (Wildman–Crippen LogP) is 3.67. The molecule has 1 aromatic carbocycles. The maximum absolute atomic E-state index is 12.1. The van der Waals surface area contributed by atoms with E-state index in [1.807, 2.05) is 32.0 Å². The van der Waals surface area contributed by atoms with Gasteiger partial charge in [-0.15, -0.1) is 0 Å². The van der Waals surface area contributed by atoms with Crippen molar-refractivity contribution in [3.8, 4) is 0 Å². The fraction of sp³-hybridized carbons (Fsp3) is 0.556. The van der Waals surface area contributed by atoms with Crippen LogP contribution in [0.2, 0.25) is 0 Å². The van der Waals surface area contributed by atoms with E-state index in [0.717, 1.165) is 37.1 Å². The zero-order chi connectivity index (χ0) is 16.5. The van der Waals surface area contributed by atoms with E-state index >= 15 is 0 Å². The second-order valence-electron chi connectivity index (χ2n) is 5.83. The van der Waals surface area contributed by atoms with Gasteiger partial charge in [-0.3, -0.25) is 9.59 Å². The average Bonchev–Trinajstić information content (AvgIpc) is 2.45. The maximum atomic E-state index is 12.1. The van der Waals surface area contributed by atoms with Gasteiger partial charge in [-0.1, -0.05) is 37.5 Å². The van der Waals surface area contributed by atoms with Gasteiger partial charge in [0.05, 0.1) is 0 Å². The summed E-state index contributed by atoms with van der Waals surface area (Å²) in [6.45, 7) is 8.92. The molecule has 1 rings (SSSR count).